The number of rotatable bonds is 7. The van der Waals surface area contributed by atoms with Crippen molar-refractivity contribution in [3.8, 4) is 0 Å². The maximum atomic E-state index is 12.8. The summed E-state index contributed by atoms with van der Waals surface area (Å²) in [6.07, 6.45) is 3.73. The molecule has 0 saturated carbocycles. The van der Waals surface area contributed by atoms with Crippen LogP contribution in [0.2, 0.25) is 0 Å². The van der Waals surface area contributed by atoms with E-state index < -0.39 is 10.0 Å². The molecule has 0 aliphatic carbocycles. The van der Waals surface area contributed by atoms with Gasteiger partial charge >= 0.3 is 0 Å². The van der Waals surface area contributed by atoms with Crippen LogP contribution in [0.15, 0.2) is 42.5 Å². The first-order valence-corrected chi connectivity index (χ1v) is 13.5. The number of aromatic nitrogens is 1. The minimum absolute atomic E-state index is 0.0297. The van der Waals surface area contributed by atoms with Crippen LogP contribution in [-0.4, -0.2) is 50.0 Å². The number of carbonyl (C=O) groups is 1. The smallest absolute Gasteiger partial charge is 0.229 e. The van der Waals surface area contributed by atoms with Gasteiger partial charge in [-0.3, -0.25) is 14.5 Å². The number of piperidine rings is 1. The molecular formula is C25H39N3O3S. The number of anilines is 1. The Hall–Kier alpha value is -2.25. The number of carbonyl (C=O) groups excluding carboxylic acids is 1. The van der Waals surface area contributed by atoms with Gasteiger partial charge in [-0.2, -0.15) is 0 Å². The van der Waals surface area contributed by atoms with Gasteiger partial charge in [0.05, 0.1) is 6.26 Å². The highest BCUT2D eigenvalue weighted by molar-refractivity contribution is 7.92. The van der Waals surface area contributed by atoms with E-state index in [9.17, 15) is 13.2 Å². The highest BCUT2D eigenvalue weighted by Gasteiger charge is 2.25. The molecule has 32 heavy (non-hydrogen) atoms. The standard InChI is InChI=1S/C21H27N3O3S.2C2H6/c1-16-4-3-5-19(22-16)12-15-24-13-10-18(11-14-24)21(25)17-6-8-20(9-7-17)23-28(2,26)27;2*1-2/h3-9,18,23H,10-15H2,1-2H3;2*1-2H3. The predicted molar refractivity (Wildman–Crippen MR) is 134 cm³/mol. The molecule has 0 amide bonds. The molecule has 1 fully saturated rings. The van der Waals surface area contributed by atoms with E-state index in [4.69, 9.17) is 0 Å². The second-order valence-electron chi connectivity index (χ2n) is 7.45. The highest BCUT2D eigenvalue weighted by Crippen LogP contribution is 2.23. The van der Waals surface area contributed by atoms with Crippen molar-refractivity contribution in [2.24, 2.45) is 5.92 Å². The first-order valence-electron chi connectivity index (χ1n) is 11.6. The Labute approximate surface area is 194 Å². The van der Waals surface area contributed by atoms with E-state index in [1.165, 1.54) is 0 Å². The van der Waals surface area contributed by atoms with Crippen LogP contribution in [-0.2, 0) is 16.4 Å². The third-order valence-electron chi connectivity index (χ3n) is 5.06. The molecule has 0 unspecified atom stereocenters. The van der Waals surface area contributed by atoms with Crippen LogP contribution in [0.25, 0.3) is 0 Å². The molecule has 2 aromatic rings. The zero-order chi connectivity index (χ0) is 24.1. The SMILES string of the molecule is CC.CC.Cc1cccc(CCN2CCC(C(=O)c3ccc(NS(C)(=O)=O)cc3)CC2)n1. The van der Waals surface area contributed by atoms with E-state index in [-0.39, 0.29) is 11.7 Å². The highest BCUT2D eigenvalue weighted by atomic mass is 32.2. The summed E-state index contributed by atoms with van der Waals surface area (Å²) in [6.45, 7) is 12.8. The molecule has 0 spiro atoms. The molecule has 7 heteroatoms. The molecule has 1 N–H and O–H groups in total. The van der Waals surface area contributed by atoms with Gasteiger partial charge in [-0.1, -0.05) is 33.8 Å². The summed E-state index contributed by atoms with van der Waals surface area (Å²) in [5.41, 5.74) is 3.26. The molecule has 1 aliphatic rings. The molecule has 178 valence electrons. The minimum atomic E-state index is -3.31. The largest absolute Gasteiger partial charge is 0.303 e. The number of likely N-dealkylation sites (tertiary alicyclic amines) is 1. The van der Waals surface area contributed by atoms with Crippen molar-refractivity contribution in [1.29, 1.82) is 0 Å². The van der Waals surface area contributed by atoms with Crippen molar-refractivity contribution in [3.63, 3.8) is 0 Å². The minimum Gasteiger partial charge on any atom is -0.303 e. The molecule has 6 nitrogen and oxygen atoms in total. The van der Waals surface area contributed by atoms with Crippen molar-refractivity contribution in [2.75, 3.05) is 30.6 Å². The second kappa shape index (κ2) is 14.0. The number of benzene rings is 1. The molecular weight excluding hydrogens is 422 g/mol. The van der Waals surface area contributed by atoms with Gasteiger partial charge in [0.15, 0.2) is 5.78 Å². The Bertz CT molecular complexity index is 920. The van der Waals surface area contributed by atoms with E-state index in [2.05, 4.69) is 20.7 Å². The molecule has 3 rings (SSSR count). The van der Waals surface area contributed by atoms with Gasteiger partial charge in [0.2, 0.25) is 10.0 Å². The lowest BCUT2D eigenvalue weighted by atomic mass is 9.89. The van der Waals surface area contributed by atoms with Crippen molar-refractivity contribution in [2.45, 2.75) is 53.9 Å². The maximum absolute atomic E-state index is 12.8. The van der Waals surface area contributed by atoms with Crippen LogP contribution in [0.3, 0.4) is 0 Å². The number of hydrogen-bond acceptors (Lipinski definition) is 5. The molecule has 1 aliphatic heterocycles. The first kappa shape index (κ1) is 27.8. The van der Waals surface area contributed by atoms with Crippen molar-refractivity contribution in [1.82, 2.24) is 9.88 Å². The molecule has 1 aromatic heterocycles. The Morgan fingerprint density at radius 2 is 1.62 bits per heavy atom. The van der Waals surface area contributed by atoms with E-state index in [0.29, 0.717) is 11.3 Å². The fourth-order valence-corrected chi connectivity index (χ4v) is 4.15. The lowest BCUT2D eigenvalue weighted by molar-refractivity contribution is 0.0841. The zero-order valence-electron chi connectivity index (χ0n) is 20.4. The summed E-state index contributed by atoms with van der Waals surface area (Å²) in [5, 5.41) is 0. The van der Waals surface area contributed by atoms with Gasteiger partial charge in [0.1, 0.15) is 0 Å². The number of Topliss-reactive ketones (excluding diaryl/α,β-unsaturated/α-hetero) is 1. The van der Waals surface area contributed by atoms with E-state index in [1.54, 1.807) is 24.3 Å². The third kappa shape index (κ3) is 9.49. The lowest BCUT2D eigenvalue weighted by Gasteiger charge is -2.31. The van der Waals surface area contributed by atoms with Crippen LogP contribution in [0.4, 0.5) is 5.69 Å². The van der Waals surface area contributed by atoms with Gasteiger partial charge < -0.3 is 4.90 Å². The summed E-state index contributed by atoms with van der Waals surface area (Å²) in [7, 11) is -3.31. The molecule has 1 aromatic carbocycles. The summed E-state index contributed by atoms with van der Waals surface area (Å²) < 4.78 is 25.0. The number of pyridine rings is 1. The van der Waals surface area contributed by atoms with Crippen molar-refractivity contribution < 1.29 is 13.2 Å². The van der Waals surface area contributed by atoms with Gasteiger partial charge in [-0.25, -0.2) is 8.42 Å². The Kier molecular flexibility index (Phi) is 12.2. The number of sulfonamides is 1. The molecule has 0 bridgehead atoms. The van der Waals surface area contributed by atoms with Crippen LogP contribution in [0.1, 0.15) is 62.3 Å². The lowest BCUT2D eigenvalue weighted by Crippen LogP contribution is -2.37. The molecule has 2 heterocycles. The third-order valence-corrected chi connectivity index (χ3v) is 5.67. The molecule has 0 radical (unpaired) electrons. The molecule has 0 atom stereocenters. The van der Waals surface area contributed by atoms with Gasteiger partial charge in [0.25, 0.3) is 0 Å². The van der Waals surface area contributed by atoms with Crippen LogP contribution < -0.4 is 4.72 Å². The van der Waals surface area contributed by atoms with Gasteiger partial charge in [0, 0.05) is 41.5 Å². The average Bonchev–Trinajstić information content (AvgIpc) is 2.80. The maximum Gasteiger partial charge on any atom is 0.229 e. The monoisotopic (exact) mass is 461 g/mol. The van der Waals surface area contributed by atoms with Gasteiger partial charge in [-0.15, -0.1) is 0 Å². The first-order chi connectivity index (χ1) is 15.3. The van der Waals surface area contributed by atoms with Gasteiger partial charge in [-0.05, 0) is 69.3 Å². The van der Waals surface area contributed by atoms with Crippen LogP contribution >= 0.6 is 0 Å². The number of nitrogens with one attached hydrogen (secondary N) is 1. The van der Waals surface area contributed by atoms with E-state index >= 15 is 0 Å². The molecule has 1 saturated heterocycles. The normalized spacial score (nSPS) is 14.4. The summed E-state index contributed by atoms with van der Waals surface area (Å²) >= 11 is 0. The number of ketones is 1. The Morgan fingerprint density at radius 3 is 2.16 bits per heavy atom. The van der Waals surface area contributed by atoms with Crippen LogP contribution in [0, 0.1) is 12.8 Å². The summed E-state index contributed by atoms with van der Waals surface area (Å²) in [5.74, 6) is 0.174. The van der Waals surface area contributed by atoms with Crippen LogP contribution in [0.5, 0.6) is 0 Å². The number of aryl methyl sites for hydroxylation is 1. The van der Waals surface area contributed by atoms with Crippen molar-refractivity contribution in [3.05, 3.63) is 59.4 Å². The van der Waals surface area contributed by atoms with E-state index in [0.717, 1.165) is 56.5 Å². The fourth-order valence-electron chi connectivity index (χ4n) is 3.58. The predicted octanol–water partition coefficient (Wildman–Crippen LogP) is 4.95. The number of hydrogen-bond donors (Lipinski definition) is 1. The van der Waals surface area contributed by atoms with Crippen molar-refractivity contribution >= 4 is 21.5 Å². The summed E-state index contributed by atoms with van der Waals surface area (Å²) in [6, 6.07) is 12.8. The zero-order valence-corrected chi connectivity index (χ0v) is 21.2. The Balaban J connectivity index is 0.00000121. The topological polar surface area (TPSA) is 79.4 Å². The Morgan fingerprint density at radius 1 is 1.03 bits per heavy atom. The average molecular weight is 462 g/mol. The second-order valence-corrected chi connectivity index (χ2v) is 9.20. The fraction of sp³-hybridized carbons (Fsp3) is 0.520. The quantitative estimate of drug-likeness (QED) is 0.590. The number of nitrogens with zero attached hydrogens (tertiary/aromatic N) is 2. The van der Waals surface area contributed by atoms with E-state index in [1.807, 2.05) is 46.8 Å². The summed E-state index contributed by atoms with van der Waals surface area (Å²) in [4.78, 5) is 19.7.